The molecule has 0 saturated carbocycles. The van der Waals surface area contributed by atoms with Crippen LogP contribution in [0.3, 0.4) is 0 Å². The van der Waals surface area contributed by atoms with E-state index in [1.807, 2.05) is 6.07 Å². The van der Waals surface area contributed by atoms with Crippen molar-refractivity contribution in [1.82, 2.24) is 4.98 Å². The number of nitrogens with zero attached hydrogens (tertiary/aromatic N) is 1. The molecular weight excluding hydrogens is 208 g/mol. The van der Waals surface area contributed by atoms with Gasteiger partial charge in [-0.1, -0.05) is 6.07 Å². The summed E-state index contributed by atoms with van der Waals surface area (Å²) in [5.41, 5.74) is 6.15. The number of methoxy groups -OCH3 is 1. The van der Waals surface area contributed by atoms with E-state index in [4.69, 9.17) is 15.2 Å². The molecule has 0 aromatic carbocycles. The lowest BCUT2D eigenvalue weighted by Gasteiger charge is -2.42. The van der Waals surface area contributed by atoms with Crippen molar-refractivity contribution >= 4 is 5.97 Å². The second-order valence-corrected chi connectivity index (χ2v) is 3.90. The molecule has 1 saturated heterocycles. The number of carbonyl (C=O) groups excluding carboxylic acids is 1. The molecule has 2 heterocycles. The minimum absolute atomic E-state index is 0.301. The normalized spacial score (nSPS) is 19.6. The van der Waals surface area contributed by atoms with Crippen molar-refractivity contribution in [3.63, 3.8) is 0 Å². The van der Waals surface area contributed by atoms with Crippen LogP contribution in [0.25, 0.3) is 0 Å². The minimum Gasteiger partial charge on any atom is -0.468 e. The molecule has 1 aromatic heterocycles. The maximum atomic E-state index is 11.7. The molecule has 1 fully saturated rings. The van der Waals surface area contributed by atoms with Crippen molar-refractivity contribution in [2.24, 2.45) is 11.1 Å². The highest BCUT2D eigenvalue weighted by molar-refractivity contribution is 5.79. The predicted octanol–water partition coefficient (Wildman–Crippen LogP) is 0.271. The summed E-state index contributed by atoms with van der Waals surface area (Å²) < 4.78 is 9.88. The number of hydrogen-bond acceptors (Lipinski definition) is 5. The number of nitrogens with two attached hydrogens (primary N) is 1. The second kappa shape index (κ2) is 4.19. The molecule has 5 nitrogen and oxygen atoms in total. The van der Waals surface area contributed by atoms with E-state index in [-0.39, 0.29) is 5.97 Å². The summed E-state index contributed by atoms with van der Waals surface area (Å²) in [6.07, 6.45) is 3.33. The van der Waals surface area contributed by atoms with Crippen molar-refractivity contribution in [3.8, 4) is 0 Å². The number of pyridine rings is 1. The smallest absolute Gasteiger partial charge is 0.318 e. The molecular formula is C11H14N2O3. The average molecular weight is 222 g/mol. The van der Waals surface area contributed by atoms with Crippen molar-refractivity contribution in [2.45, 2.75) is 6.04 Å². The average Bonchev–Trinajstić information content (AvgIpc) is 2.28. The summed E-state index contributed by atoms with van der Waals surface area (Å²) in [6.45, 7) is 0.603. The Bertz CT molecular complexity index is 376. The van der Waals surface area contributed by atoms with E-state index in [1.54, 1.807) is 18.5 Å². The van der Waals surface area contributed by atoms with Crippen LogP contribution in [0.2, 0.25) is 0 Å². The predicted molar refractivity (Wildman–Crippen MR) is 56.4 cm³/mol. The van der Waals surface area contributed by atoms with E-state index in [1.165, 1.54) is 7.11 Å². The van der Waals surface area contributed by atoms with Crippen LogP contribution in [0.1, 0.15) is 11.6 Å². The Kier molecular flexibility index (Phi) is 2.89. The lowest BCUT2D eigenvalue weighted by molar-refractivity contribution is -0.188. The van der Waals surface area contributed by atoms with Crippen molar-refractivity contribution in [3.05, 3.63) is 30.1 Å². The summed E-state index contributed by atoms with van der Waals surface area (Å²) in [7, 11) is 1.36. The first kappa shape index (κ1) is 11.0. The lowest BCUT2D eigenvalue weighted by Crippen LogP contribution is -2.56. The molecule has 0 aliphatic carbocycles. The molecule has 2 rings (SSSR count). The van der Waals surface area contributed by atoms with Crippen LogP contribution >= 0.6 is 0 Å². The van der Waals surface area contributed by atoms with Crippen LogP contribution in [0.15, 0.2) is 24.5 Å². The highest BCUT2D eigenvalue weighted by atomic mass is 16.5. The van der Waals surface area contributed by atoms with Crippen molar-refractivity contribution in [2.75, 3.05) is 20.3 Å². The second-order valence-electron chi connectivity index (χ2n) is 3.90. The Morgan fingerprint density at radius 2 is 2.44 bits per heavy atom. The molecule has 1 aromatic rings. The largest absolute Gasteiger partial charge is 0.468 e. The summed E-state index contributed by atoms with van der Waals surface area (Å²) in [5, 5.41) is 0. The quantitative estimate of drug-likeness (QED) is 0.743. The fourth-order valence-electron chi connectivity index (χ4n) is 1.83. The summed E-state index contributed by atoms with van der Waals surface area (Å²) in [4.78, 5) is 15.7. The molecule has 0 amide bonds. The fourth-order valence-corrected chi connectivity index (χ4v) is 1.83. The molecule has 86 valence electrons. The zero-order valence-electron chi connectivity index (χ0n) is 9.05. The molecule has 0 bridgehead atoms. The lowest BCUT2D eigenvalue weighted by atomic mass is 9.76. The van der Waals surface area contributed by atoms with Gasteiger partial charge in [-0.15, -0.1) is 0 Å². The standard InChI is InChI=1S/C11H14N2O3/c1-15-10(14)11(6-16-7-11)9(12)8-3-2-4-13-5-8/h2-5,9H,6-7,12H2,1H3. The number of hydrogen-bond donors (Lipinski definition) is 1. The van der Waals surface area contributed by atoms with Gasteiger partial charge in [-0.25, -0.2) is 0 Å². The highest BCUT2D eigenvalue weighted by Crippen LogP contribution is 2.39. The van der Waals surface area contributed by atoms with Crippen molar-refractivity contribution in [1.29, 1.82) is 0 Å². The maximum Gasteiger partial charge on any atom is 0.318 e. The molecule has 0 spiro atoms. The summed E-state index contributed by atoms with van der Waals surface area (Å²) >= 11 is 0. The van der Waals surface area contributed by atoms with Gasteiger partial charge >= 0.3 is 5.97 Å². The third kappa shape index (κ3) is 1.58. The molecule has 2 N–H and O–H groups in total. The van der Waals surface area contributed by atoms with Crippen LogP contribution in [0, 0.1) is 5.41 Å². The number of carbonyl (C=O) groups is 1. The molecule has 5 heteroatoms. The van der Waals surface area contributed by atoms with Gasteiger partial charge in [0.1, 0.15) is 5.41 Å². The van der Waals surface area contributed by atoms with Gasteiger partial charge in [0.2, 0.25) is 0 Å². The zero-order valence-corrected chi connectivity index (χ0v) is 9.05. The minimum atomic E-state index is -0.752. The third-order valence-electron chi connectivity index (χ3n) is 2.95. The first-order valence-electron chi connectivity index (χ1n) is 5.02. The SMILES string of the molecule is COC(=O)C1(C(N)c2cccnc2)COC1. The summed E-state index contributed by atoms with van der Waals surface area (Å²) in [5.74, 6) is -0.324. The van der Waals surface area contributed by atoms with Gasteiger partial charge in [0.25, 0.3) is 0 Å². The van der Waals surface area contributed by atoms with Gasteiger partial charge in [0.15, 0.2) is 0 Å². The van der Waals surface area contributed by atoms with Crippen molar-refractivity contribution < 1.29 is 14.3 Å². The fraction of sp³-hybridized carbons (Fsp3) is 0.455. The number of aromatic nitrogens is 1. The monoisotopic (exact) mass is 222 g/mol. The van der Waals surface area contributed by atoms with E-state index in [0.29, 0.717) is 13.2 Å². The molecule has 1 aliphatic heterocycles. The number of esters is 1. The van der Waals surface area contributed by atoms with Crippen LogP contribution in [0.5, 0.6) is 0 Å². The molecule has 16 heavy (non-hydrogen) atoms. The van der Waals surface area contributed by atoms with Crippen LogP contribution in [-0.2, 0) is 14.3 Å². The Morgan fingerprint density at radius 3 is 2.88 bits per heavy atom. The van der Waals surface area contributed by atoms with E-state index in [0.717, 1.165) is 5.56 Å². The number of ether oxygens (including phenoxy) is 2. The number of rotatable bonds is 3. The Morgan fingerprint density at radius 1 is 1.69 bits per heavy atom. The first-order chi connectivity index (χ1) is 7.70. The van der Waals surface area contributed by atoms with E-state index in [2.05, 4.69) is 4.98 Å². The van der Waals surface area contributed by atoms with Gasteiger partial charge in [-0.2, -0.15) is 0 Å². The summed E-state index contributed by atoms with van der Waals surface area (Å²) in [6, 6.07) is 3.20. The Labute approximate surface area is 93.6 Å². The molecule has 0 radical (unpaired) electrons. The van der Waals surface area contributed by atoms with Gasteiger partial charge in [-0.3, -0.25) is 9.78 Å². The highest BCUT2D eigenvalue weighted by Gasteiger charge is 2.52. The van der Waals surface area contributed by atoms with E-state index < -0.39 is 11.5 Å². The van der Waals surface area contributed by atoms with E-state index >= 15 is 0 Å². The first-order valence-corrected chi connectivity index (χ1v) is 5.02. The third-order valence-corrected chi connectivity index (χ3v) is 2.95. The zero-order chi connectivity index (χ0) is 11.6. The van der Waals surface area contributed by atoms with Gasteiger partial charge in [0, 0.05) is 12.4 Å². The molecule has 1 aliphatic rings. The van der Waals surface area contributed by atoms with Crippen LogP contribution in [0.4, 0.5) is 0 Å². The topological polar surface area (TPSA) is 74.4 Å². The van der Waals surface area contributed by atoms with Gasteiger partial charge in [0.05, 0.1) is 26.4 Å². The van der Waals surface area contributed by atoms with Crippen LogP contribution < -0.4 is 5.73 Å². The van der Waals surface area contributed by atoms with E-state index in [9.17, 15) is 4.79 Å². The Hall–Kier alpha value is -1.46. The van der Waals surface area contributed by atoms with Gasteiger partial charge < -0.3 is 15.2 Å². The Balaban J connectivity index is 2.26. The molecule has 1 atom stereocenters. The van der Waals surface area contributed by atoms with Gasteiger partial charge in [-0.05, 0) is 11.6 Å². The maximum absolute atomic E-state index is 11.7. The van der Waals surface area contributed by atoms with Crippen LogP contribution in [-0.4, -0.2) is 31.3 Å². The molecule has 1 unspecified atom stereocenters.